The Bertz CT molecular complexity index is 925. The fraction of sp³-hybridized carbons (Fsp3) is 0.176. The van der Waals surface area contributed by atoms with Gasteiger partial charge in [0.25, 0.3) is 10.0 Å². The second-order valence-electron chi connectivity index (χ2n) is 5.45. The van der Waals surface area contributed by atoms with E-state index in [1.165, 1.54) is 38.1 Å². The molecule has 0 spiro atoms. The van der Waals surface area contributed by atoms with Gasteiger partial charge in [0.1, 0.15) is 0 Å². The van der Waals surface area contributed by atoms with E-state index in [1.807, 2.05) is 0 Å². The highest BCUT2D eigenvalue weighted by molar-refractivity contribution is 7.92. The van der Waals surface area contributed by atoms with E-state index in [2.05, 4.69) is 15.0 Å². The average molecular weight is 394 g/mol. The molecular formula is C17H16ClN3O4S. The van der Waals surface area contributed by atoms with Crippen LogP contribution in [-0.2, 0) is 19.6 Å². The summed E-state index contributed by atoms with van der Waals surface area (Å²) < 4.78 is 27.1. The SMILES string of the molecule is CC(=O)C(N=Nc1ccc(S(=O)(=O)Nc2ccc(Cl)cc2)cc1)C(C)=O. The number of anilines is 1. The lowest BCUT2D eigenvalue weighted by atomic mass is 10.1. The van der Waals surface area contributed by atoms with Crippen molar-refractivity contribution in [3.8, 4) is 0 Å². The zero-order valence-electron chi connectivity index (χ0n) is 14.0. The van der Waals surface area contributed by atoms with Crippen molar-refractivity contribution in [3.63, 3.8) is 0 Å². The Morgan fingerprint density at radius 2 is 1.50 bits per heavy atom. The first-order chi connectivity index (χ1) is 12.2. The lowest BCUT2D eigenvalue weighted by Crippen LogP contribution is -2.23. The molecule has 0 aliphatic rings. The van der Waals surface area contributed by atoms with E-state index in [1.54, 1.807) is 24.3 Å². The number of carbonyl (C=O) groups is 2. The monoisotopic (exact) mass is 393 g/mol. The Balaban J connectivity index is 2.16. The smallest absolute Gasteiger partial charge is 0.261 e. The van der Waals surface area contributed by atoms with Gasteiger partial charge in [0.05, 0.1) is 10.6 Å². The highest BCUT2D eigenvalue weighted by atomic mass is 35.5. The number of benzene rings is 2. The summed E-state index contributed by atoms with van der Waals surface area (Å²) in [5, 5.41) is 8.03. The second kappa shape index (κ2) is 8.20. The molecule has 0 heterocycles. The third kappa shape index (κ3) is 5.21. The van der Waals surface area contributed by atoms with Crippen molar-refractivity contribution in [3.05, 3.63) is 53.6 Å². The van der Waals surface area contributed by atoms with Crippen LogP contribution in [0.5, 0.6) is 0 Å². The Labute approximate surface area is 156 Å². The molecule has 0 saturated heterocycles. The molecule has 2 rings (SSSR count). The lowest BCUT2D eigenvalue weighted by Gasteiger charge is -2.08. The van der Waals surface area contributed by atoms with E-state index >= 15 is 0 Å². The number of carbonyl (C=O) groups excluding carboxylic acids is 2. The predicted octanol–water partition coefficient (Wildman–Crippen LogP) is 3.77. The Morgan fingerprint density at radius 3 is 2.00 bits per heavy atom. The van der Waals surface area contributed by atoms with E-state index in [9.17, 15) is 18.0 Å². The normalized spacial score (nSPS) is 11.7. The summed E-state index contributed by atoms with van der Waals surface area (Å²) in [5.41, 5.74) is 0.701. The third-order valence-electron chi connectivity index (χ3n) is 3.30. The number of sulfonamides is 1. The van der Waals surface area contributed by atoms with Gasteiger partial charge in [0.2, 0.25) is 0 Å². The summed E-state index contributed by atoms with van der Waals surface area (Å²) in [6, 6.07) is 10.6. The standard InChI is InChI=1S/C17H16ClN3O4S/c1-11(22)17(12(2)23)20-19-14-7-9-16(10-8-14)26(24,25)21-15-5-3-13(18)4-6-15/h3-10,17,21H,1-2H3. The maximum absolute atomic E-state index is 12.4. The largest absolute Gasteiger partial charge is 0.297 e. The van der Waals surface area contributed by atoms with Gasteiger partial charge >= 0.3 is 0 Å². The van der Waals surface area contributed by atoms with Crippen molar-refractivity contribution in [2.24, 2.45) is 10.2 Å². The minimum atomic E-state index is -3.77. The molecule has 26 heavy (non-hydrogen) atoms. The van der Waals surface area contributed by atoms with Crippen LogP contribution in [0.1, 0.15) is 13.8 Å². The summed E-state index contributed by atoms with van der Waals surface area (Å²) in [4.78, 5) is 22.7. The number of ketones is 2. The fourth-order valence-electron chi connectivity index (χ4n) is 2.00. The molecule has 136 valence electrons. The summed E-state index contributed by atoms with van der Waals surface area (Å²) in [7, 11) is -3.77. The van der Waals surface area contributed by atoms with Crippen molar-refractivity contribution in [2.75, 3.05) is 4.72 Å². The molecule has 0 saturated carbocycles. The number of nitrogens with zero attached hydrogens (tertiary/aromatic N) is 2. The van der Waals surface area contributed by atoms with Gasteiger partial charge in [-0.1, -0.05) is 11.6 Å². The third-order valence-corrected chi connectivity index (χ3v) is 4.95. The zero-order valence-corrected chi connectivity index (χ0v) is 15.6. The maximum atomic E-state index is 12.4. The summed E-state index contributed by atoms with van der Waals surface area (Å²) in [6.45, 7) is 2.51. The highest BCUT2D eigenvalue weighted by Crippen LogP contribution is 2.21. The molecule has 0 fully saturated rings. The van der Waals surface area contributed by atoms with Crippen molar-refractivity contribution < 1.29 is 18.0 Å². The average Bonchev–Trinajstić information content (AvgIpc) is 2.57. The van der Waals surface area contributed by atoms with E-state index in [-0.39, 0.29) is 4.90 Å². The molecule has 0 amide bonds. The molecule has 9 heteroatoms. The maximum Gasteiger partial charge on any atom is 0.261 e. The molecule has 0 unspecified atom stereocenters. The topological polar surface area (TPSA) is 105 Å². The molecule has 0 aromatic heterocycles. The fourth-order valence-corrected chi connectivity index (χ4v) is 3.18. The molecule has 0 aliphatic carbocycles. The molecule has 0 bridgehead atoms. The first-order valence-electron chi connectivity index (χ1n) is 7.49. The van der Waals surface area contributed by atoms with E-state index < -0.39 is 27.6 Å². The van der Waals surface area contributed by atoms with E-state index in [0.717, 1.165) is 0 Å². The van der Waals surface area contributed by atoms with Crippen LogP contribution < -0.4 is 4.72 Å². The molecule has 1 N–H and O–H groups in total. The molecule has 0 aliphatic heterocycles. The number of halogens is 1. The Morgan fingerprint density at radius 1 is 0.962 bits per heavy atom. The molecule has 2 aromatic carbocycles. The minimum Gasteiger partial charge on any atom is -0.297 e. The number of nitrogens with one attached hydrogen (secondary N) is 1. The molecule has 0 radical (unpaired) electrons. The van der Waals surface area contributed by atoms with Crippen LogP contribution in [0.25, 0.3) is 0 Å². The number of hydrogen-bond donors (Lipinski definition) is 1. The lowest BCUT2D eigenvalue weighted by molar-refractivity contribution is -0.126. The van der Waals surface area contributed by atoms with Crippen LogP contribution in [0.15, 0.2) is 63.7 Å². The van der Waals surface area contributed by atoms with Crippen LogP contribution in [0.3, 0.4) is 0 Å². The van der Waals surface area contributed by atoms with Gasteiger partial charge in [-0.2, -0.15) is 10.2 Å². The first-order valence-corrected chi connectivity index (χ1v) is 9.35. The van der Waals surface area contributed by atoms with Crippen molar-refractivity contribution >= 4 is 44.6 Å². The van der Waals surface area contributed by atoms with E-state index in [0.29, 0.717) is 16.4 Å². The quantitative estimate of drug-likeness (QED) is 0.570. The summed E-state index contributed by atoms with van der Waals surface area (Å²) in [6.07, 6.45) is 0. The van der Waals surface area contributed by atoms with Crippen LogP contribution >= 0.6 is 11.6 Å². The van der Waals surface area contributed by atoms with Crippen LogP contribution in [0.2, 0.25) is 5.02 Å². The summed E-state index contributed by atoms with van der Waals surface area (Å²) in [5.74, 6) is -0.819. The van der Waals surface area contributed by atoms with Gasteiger partial charge in [-0.05, 0) is 62.4 Å². The van der Waals surface area contributed by atoms with Crippen molar-refractivity contribution in [2.45, 2.75) is 24.8 Å². The van der Waals surface area contributed by atoms with E-state index in [4.69, 9.17) is 11.6 Å². The number of azo groups is 1. The molecular weight excluding hydrogens is 378 g/mol. The number of rotatable bonds is 7. The van der Waals surface area contributed by atoms with Crippen LogP contribution in [0.4, 0.5) is 11.4 Å². The van der Waals surface area contributed by atoms with Gasteiger partial charge in [0.15, 0.2) is 17.6 Å². The first kappa shape index (κ1) is 19.7. The van der Waals surface area contributed by atoms with Crippen molar-refractivity contribution in [1.29, 1.82) is 0 Å². The number of hydrogen-bond acceptors (Lipinski definition) is 6. The zero-order chi connectivity index (χ0) is 19.3. The van der Waals surface area contributed by atoms with Gasteiger partial charge < -0.3 is 0 Å². The highest BCUT2D eigenvalue weighted by Gasteiger charge is 2.18. The van der Waals surface area contributed by atoms with Crippen LogP contribution in [0, 0.1) is 0 Å². The summed E-state index contributed by atoms with van der Waals surface area (Å²) >= 11 is 5.77. The molecule has 2 aromatic rings. The van der Waals surface area contributed by atoms with Gasteiger partial charge in [-0.3, -0.25) is 14.3 Å². The Kier molecular flexibility index (Phi) is 6.23. The number of Topliss-reactive ketones (excluding diaryl/α,β-unsaturated/α-hetero) is 2. The molecule has 0 atom stereocenters. The Hall–Kier alpha value is -2.58. The van der Waals surface area contributed by atoms with Gasteiger partial charge in [-0.15, -0.1) is 0 Å². The second-order valence-corrected chi connectivity index (χ2v) is 7.56. The predicted molar refractivity (Wildman–Crippen MR) is 98.4 cm³/mol. The van der Waals surface area contributed by atoms with Gasteiger partial charge in [0, 0.05) is 10.7 Å². The molecule has 7 nitrogen and oxygen atoms in total. The van der Waals surface area contributed by atoms with Crippen LogP contribution in [-0.4, -0.2) is 26.0 Å². The van der Waals surface area contributed by atoms with Gasteiger partial charge in [-0.25, -0.2) is 8.42 Å². The van der Waals surface area contributed by atoms with Crippen molar-refractivity contribution in [1.82, 2.24) is 0 Å². The minimum absolute atomic E-state index is 0.0288.